The van der Waals surface area contributed by atoms with Crippen molar-refractivity contribution in [1.82, 2.24) is 0 Å². The molecule has 84 valence electrons. The Labute approximate surface area is 88.7 Å². The third-order valence-electron chi connectivity index (χ3n) is 2.00. The molecule has 0 aromatic heterocycles. The van der Waals surface area contributed by atoms with Crippen LogP contribution in [0.2, 0.25) is 0 Å². The van der Waals surface area contributed by atoms with Crippen LogP contribution in [0.1, 0.15) is 5.56 Å². The second-order valence-corrected chi connectivity index (χ2v) is 2.97. The molecule has 0 unspecified atom stereocenters. The van der Waals surface area contributed by atoms with Crippen molar-refractivity contribution in [2.75, 3.05) is 6.79 Å². The maximum atomic E-state index is 13.4. The van der Waals surface area contributed by atoms with Crippen molar-refractivity contribution in [2.24, 2.45) is 0 Å². The quantitative estimate of drug-likeness (QED) is 0.837. The summed E-state index contributed by atoms with van der Waals surface area (Å²) in [5.41, 5.74) is -0.269. The second kappa shape index (κ2) is 3.80. The molecule has 1 heterocycles. The summed E-state index contributed by atoms with van der Waals surface area (Å²) in [6.07, 6.45) is 0. The van der Waals surface area contributed by atoms with E-state index in [1.807, 2.05) is 0 Å². The number of carboxylic acids is 1. The molecule has 0 fully saturated rings. The molecule has 0 atom stereocenters. The van der Waals surface area contributed by atoms with Gasteiger partial charge in [-0.2, -0.15) is 0 Å². The highest BCUT2D eigenvalue weighted by Gasteiger charge is 2.28. The molecule has 6 heteroatoms. The minimum Gasteiger partial charge on any atom is -0.475 e. The van der Waals surface area contributed by atoms with Gasteiger partial charge in [0.25, 0.3) is 5.76 Å². The first-order valence-corrected chi connectivity index (χ1v) is 4.29. The Hall–Kier alpha value is -2.11. The molecule has 1 N–H and O–H groups in total. The number of rotatable bonds is 2. The third-order valence-corrected chi connectivity index (χ3v) is 2.00. The van der Waals surface area contributed by atoms with Crippen LogP contribution in [0.5, 0.6) is 0 Å². The molecule has 2 rings (SSSR count). The van der Waals surface area contributed by atoms with E-state index in [4.69, 9.17) is 9.84 Å². The molecule has 0 saturated carbocycles. The molecule has 0 amide bonds. The van der Waals surface area contributed by atoms with Crippen LogP contribution in [0, 0.1) is 11.6 Å². The highest BCUT2D eigenvalue weighted by molar-refractivity contribution is 5.93. The molecular weight excluding hydrogens is 222 g/mol. The average molecular weight is 228 g/mol. The molecule has 0 aliphatic carbocycles. The third kappa shape index (κ3) is 1.58. The molecular formula is C10H6F2O4. The average Bonchev–Trinajstić information content (AvgIpc) is 2.70. The minimum absolute atomic E-state index is 0.269. The topological polar surface area (TPSA) is 55.8 Å². The van der Waals surface area contributed by atoms with E-state index in [0.717, 1.165) is 6.07 Å². The SMILES string of the molecule is O=C(O)C1=C(c2cccc(F)c2F)OCO1. The van der Waals surface area contributed by atoms with Crippen LogP contribution in [-0.2, 0) is 14.3 Å². The summed E-state index contributed by atoms with van der Waals surface area (Å²) in [6, 6.07) is 3.39. The highest BCUT2D eigenvalue weighted by atomic mass is 19.2. The predicted molar refractivity (Wildman–Crippen MR) is 48.0 cm³/mol. The summed E-state index contributed by atoms with van der Waals surface area (Å²) < 4.78 is 35.7. The van der Waals surface area contributed by atoms with E-state index >= 15 is 0 Å². The number of carboxylic acid groups (broad SMARTS) is 1. The van der Waals surface area contributed by atoms with E-state index < -0.39 is 23.4 Å². The Kier molecular flexibility index (Phi) is 2.47. The summed E-state index contributed by atoms with van der Waals surface area (Å²) in [6.45, 7) is -0.326. The largest absolute Gasteiger partial charge is 0.475 e. The second-order valence-electron chi connectivity index (χ2n) is 2.97. The minimum atomic E-state index is -1.39. The van der Waals surface area contributed by atoms with E-state index in [9.17, 15) is 13.6 Å². The molecule has 4 nitrogen and oxygen atoms in total. The fourth-order valence-electron chi connectivity index (χ4n) is 1.32. The summed E-state index contributed by atoms with van der Waals surface area (Å²) in [5.74, 6) is -4.46. The van der Waals surface area contributed by atoms with Gasteiger partial charge in [0.1, 0.15) is 0 Å². The van der Waals surface area contributed by atoms with Crippen molar-refractivity contribution in [1.29, 1.82) is 0 Å². The lowest BCUT2D eigenvalue weighted by Gasteiger charge is -2.03. The molecule has 1 aliphatic heterocycles. The van der Waals surface area contributed by atoms with Crippen molar-refractivity contribution in [3.05, 3.63) is 41.2 Å². The van der Waals surface area contributed by atoms with Gasteiger partial charge in [0.2, 0.25) is 6.79 Å². The number of hydrogen-bond acceptors (Lipinski definition) is 3. The van der Waals surface area contributed by atoms with Crippen LogP contribution in [-0.4, -0.2) is 17.9 Å². The molecule has 1 aromatic rings. The van der Waals surface area contributed by atoms with Gasteiger partial charge in [-0.15, -0.1) is 0 Å². The molecule has 16 heavy (non-hydrogen) atoms. The Balaban J connectivity index is 2.56. The van der Waals surface area contributed by atoms with Gasteiger partial charge in [-0.3, -0.25) is 0 Å². The monoisotopic (exact) mass is 228 g/mol. The van der Waals surface area contributed by atoms with Gasteiger partial charge in [-0.1, -0.05) is 6.07 Å². The Morgan fingerprint density at radius 2 is 2.06 bits per heavy atom. The van der Waals surface area contributed by atoms with Crippen molar-refractivity contribution >= 4 is 11.7 Å². The van der Waals surface area contributed by atoms with Gasteiger partial charge < -0.3 is 14.6 Å². The maximum absolute atomic E-state index is 13.4. The van der Waals surface area contributed by atoms with E-state index in [-0.39, 0.29) is 18.1 Å². The number of aliphatic carboxylic acids is 1. The smallest absolute Gasteiger partial charge is 0.375 e. The van der Waals surface area contributed by atoms with Gasteiger partial charge in [0.05, 0.1) is 5.56 Å². The Morgan fingerprint density at radius 3 is 2.75 bits per heavy atom. The molecule has 0 saturated heterocycles. The van der Waals surface area contributed by atoms with Crippen LogP contribution in [0.25, 0.3) is 5.76 Å². The zero-order valence-corrected chi connectivity index (χ0v) is 7.87. The first-order chi connectivity index (χ1) is 7.61. The predicted octanol–water partition coefficient (Wildman–Crippen LogP) is 1.72. The zero-order valence-electron chi connectivity index (χ0n) is 7.87. The van der Waals surface area contributed by atoms with Crippen molar-refractivity contribution in [3.63, 3.8) is 0 Å². The molecule has 1 aromatic carbocycles. The summed E-state index contributed by atoms with van der Waals surface area (Å²) in [7, 11) is 0. The van der Waals surface area contributed by atoms with Crippen LogP contribution >= 0.6 is 0 Å². The lowest BCUT2D eigenvalue weighted by Crippen LogP contribution is -2.03. The maximum Gasteiger partial charge on any atom is 0.375 e. The summed E-state index contributed by atoms with van der Waals surface area (Å²) >= 11 is 0. The van der Waals surface area contributed by atoms with Crippen molar-refractivity contribution in [3.8, 4) is 0 Å². The number of carbonyl (C=O) groups is 1. The fourth-order valence-corrected chi connectivity index (χ4v) is 1.32. The summed E-state index contributed by atoms with van der Waals surface area (Å²) in [4.78, 5) is 10.7. The van der Waals surface area contributed by atoms with Gasteiger partial charge >= 0.3 is 5.97 Å². The van der Waals surface area contributed by atoms with Crippen molar-refractivity contribution < 1.29 is 28.2 Å². The lowest BCUT2D eigenvalue weighted by molar-refractivity contribution is -0.136. The highest BCUT2D eigenvalue weighted by Crippen LogP contribution is 2.29. The molecule has 0 bridgehead atoms. The zero-order chi connectivity index (χ0) is 11.7. The lowest BCUT2D eigenvalue weighted by atomic mass is 10.1. The normalized spacial score (nSPS) is 14.6. The standard InChI is InChI=1S/C10H6F2O4/c11-6-3-1-2-5(7(6)12)8-9(10(13)14)16-4-15-8/h1-3H,4H2,(H,13,14). The number of hydrogen-bond donors (Lipinski definition) is 1. The fraction of sp³-hybridized carbons (Fsp3) is 0.100. The van der Waals surface area contributed by atoms with Crippen LogP contribution in [0.15, 0.2) is 24.0 Å². The first kappa shape index (κ1) is 10.4. The first-order valence-electron chi connectivity index (χ1n) is 4.29. The van der Waals surface area contributed by atoms with Gasteiger partial charge in [0.15, 0.2) is 17.4 Å². The molecule has 1 aliphatic rings. The van der Waals surface area contributed by atoms with Gasteiger partial charge in [-0.25, -0.2) is 13.6 Å². The number of halogens is 2. The summed E-state index contributed by atoms with van der Waals surface area (Å²) in [5, 5.41) is 8.73. The van der Waals surface area contributed by atoms with Crippen LogP contribution in [0.3, 0.4) is 0 Å². The Morgan fingerprint density at radius 1 is 1.31 bits per heavy atom. The van der Waals surface area contributed by atoms with E-state index in [1.54, 1.807) is 0 Å². The van der Waals surface area contributed by atoms with Gasteiger partial charge in [0, 0.05) is 0 Å². The van der Waals surface area contributed by atoms with Crippen LogP contribution in [0.4, 0.5) is 8.78 Å². The molecule has 0 radical (unpaired) electrons. The Bertz CT molecular complexity index is 482. The molecule has 0 spiro atoms. The van der Waals surface area contributed by atoms with E-state index in [1.165, 1.54) is 12.1 Å². The van der Waals surface area contributed by atoms with Gasteiger partial charge in [-0.05, 0) is 12.1 Å². The number of ether oxygens (including phenoxy) is 2. The van der Waals surface area contributed by atoms with Crippen molar-refractivity contribution in [2.45, 2.75) is 0 Å². The van der Waals surface area contributed by atoms with E-state index in [2.05, 4.69) is 4.74 Å². The number of benzene rings is 1. The van der Waals surface area contributed by atoms with Crippen LogP contribution < -0.4 is 0 Å². The van der Waals surface area contributed by atoms with E-state index in [0.29, 0.717) is 0 Å².